The number of nitrogens with one attached hydrogen (secondary N) is 1. The van der Waals surface area contributed by atoms with E-state index in [0.717, 1.165) is 12.1 Å². The Kier molecular flexibility index (Phi) is 8.68. The third-order valence-electron chi connectivity index (χ3n) is 5.23. The molecule has 0 bridgehead atoms. The van der Waals surface area contributed by atoms with E-state index < -0.39 is 48.1 Å². The topological polar surface area (TPSA) is 92.8 Å². The lowest BCUT2D eigenvalue weighted by Gasteiger charge is -2.26. The molecule has 0 saturated carbocycles. The summed E-state index contributed by atoms with van der Waals surface area (Å²) in [6, 6.07) is 2.38. The number of carbonyl (C=O) groups is 4. The van der Waals surface area contributed by atoms with E-state index >= 15 is 0 Å². The van der Waals surface area contributed by atoms with Gasteiger partial charge in [-0.2, -0.15) is 13.2 Å². The van der Waals surface area contributed by atoms with Crippen LogP contribution in [0.25, 0.3) is 0 Å². The molecule has 1 heterocycles. The van der Waals surface area contributed by atoms with Gasteiger partial charge in [0.2, 0.25) is 0 Å². The van der Waals surface area contributed by atoms with Crippen LogP contribution in [0.5, 0.6) is 0 Å². The largest absolute Gasteiger partial charge is 0.454 e. The average molecular weight is 600 g/mol. The predicted molar refractivity (Wildman–Crippen MR) is 131 cm³/mol. The zero-order chi connectivity index (χ0) is 27.8. The Balaban J connectivity index is 1.80. The van der Waals surface area contributed by atoms with Crippen molar-refractivity contribution in [2.45, 2.75) is 32.5 Å². The number of nitrogens with zero attached hydrogens (tertiary/aromatic N) is 1. The first-order valence-electron chi connectivity index (χ1n) is 10.5. The molecule has 3 amide bonds. The van der Waals surface area contributed by atoms with E-state index in [1.807, 2.05) is 0 Å². The summed E-state index contributed by atoms with van der Waals surface area (Å²) in [4.78, 5) is 52.1. The summed E-state index contributed by atoms with van der Waals surface area (Å²) in [5.74, 6) is -4.18. The number of fused-ring (bicyclic) bond motifs is 1. The first-order valence-corrected chi connectivity index (χ1v) is 12.0. The Morgan fingerprint density at radius 2 is 1.51 bits per heavy atom. The van der Waals surface area contributed by atoms with E-state index in [-0.39, 0.29) is 49.2 Å². The first-order chi connectivity index (χ1) is 17.1. The number of alkyl halides is 3. The summed E-state index contributed by atoms with van der Waals surface area (Å²) in [6.45, 7) is 2.53. The van der Waals surface area contributed by atoms with E-state index in [0.29, 0.717) is 11.0 Å². The Labute approximate surface area is 228 Å². The molecule has 198 valence electrons. The van der Waals surface area contributed by atoms with Crippen LogP contribution in [0, 0.1) is 5.92 Å². The SMILES string of the molecule is CC(C)C[C@H](C(=O)OCC(=O)Nc1cccc(C(F)(F)F)c1)N1C(=O)c2c(Cl)c(Cl)c(Cl)c(Cl)c2C1=O. The Hall–Kier alpha value is -2.53. The highest BCUT2D eigenvalue weighted by atomic mass is 35.5. The molecule has 0 aromatic heterocycles. The van der Waals surface area contributed by atoms with Gasteiger partial charge >= 0.3 is 12.1 Å². The van der Waals surface area contributed by atoms with Crippen molar-refractivity contribution in [1.82, 2.24) is 4.90 Å². The van der Waals surface area contributed by atoms with Gasteiger partial charge in [0.15, 0.2) is 6.61 Å². The molecule has 0 aliphatic carbocycles. The lowest BCUT2D eigenvalue weighted by molar-refractivity contribution is -0.151. The third-order valence-corrected chi connectivity index (χ3v) is 7.03. The van der Waals surface area contributed by atoms with Crippen molar-refractivity contribution in [3.8, 4) is 0 Å². The quantitative estimate of drug-likeness (QED) is 0.169. The lowest BCUT2D eigenvalue weighted by Crippen LogP contribution is -2.47. The number of rotatable bonds is 7. The smallest absolute Gasteiger partial charge is 0.416 e. The highest BCUT2D eigenvalue weighted by Crippen LogP contribution is 2.45. The van der Waals surface area contributed by atoms with Crippen molar-refractivity contribution >= 4 is 75.8 Å². The zero-order valence-corrected chi connectivity index (χ0v) is 22.0. The van der Waals surface area contributed by atoms with Crippen LogP contribution in [-0.4, -0.2) is 41.2 Å². The number of hydrogen-bond donors (Lipinski definition) is 1. The molecule has 0 fully saturated rings. The second-order valence-corrected chi connectivity index (χ2v) is 9.88. The summed E-state index contributed by atoms with van der Waals surface area (Å²) in [5, 5.41) is 1.07. The number of imide groups is 1. The van der Waals surface area contributed by atoms with E-state index in [1.54, 1.807) is 13.8 Å². The molecule has 37 heavy (non-hydrogen) atoms. The summed E-state index contributed by atoms with van der Waals surface area (Å²) >= 11 is 24.3. The number of esters is 1. The van der Waals surface area contributed by atoms with Gasteiger partial charge in [0, 0.05) is 5.69 Å². The van der Waals surface area contributed by atoms with Gasteiger partial charge in [-0.3, -0.25) is 19.3 Å². The van der Waals surface area contributed by atoms with Crippen LogP contribution in [-0.2, 0) is 20.5 Å². The van der Waals surface area contributed by atoms with E-state index in [1.165, 1.54) is 6.07 Å². The fourth-order valence-electron chi connectivity index (χ4n) is 3.61. The summed E-state index contributed by atoms with van der Waals surface area (Å²) < 4.78 is 43.7. The molecule has 14 heteroatoms. The molecule has 0 radical (unpaired) electrons. The molecular weight excluding hydrogens is 583 g/mol. The highest BCUT2D eigenvalue weighted by molar-refractivity contribution is 6.55. The van der Waals surface area contributed by atoms with Gasteiger partial charge in [0.25, 0.3) is 17.7 Å². The highest BCUT2D eigenvalue weighted by Gasteiger charge is 2.47. The maximum atomic E-state index is 13.1. The van der Waals surface area contributed by atoms with Crippen LogP contribution in [0.4, 0.5) is 18.9 Å². The fraction of sp³-hybridized carbons (Fsp3) is 0.304. The maximum absolute atomic E-state index is 13.1. The minimum Gasteiger partial charge on any atom is -0.454 e. The van der Waals surface area contributed by atoms with Crippen LogP contribution in [0.15, 0.2) is 24.3 Å². The molecule has 2 aromatic carbocycles. The lowest BCUT2D eigenvalue weighted by atomic mass is 10.0. The second kappa shape index (κ2) is 11.1. The zero-order valence-electron chi connectivity index (χ0n) is 19.0. The number of carbonyl (C=O) groups excluding carboxylic acids is 4. The van der Waals surface area contributed by atoms with Crippen LogP contribution < -0.4 is 5.32 Å². The van der Waals surface area contributed by atoms with Crippen LogP contribution in [0.3, 0.4) is 0 Å². The van der Waals surface area contributed by atoms with Crippen LogP contribution >= 0.6 is 46.4 Å². The second-order valence-electron chi connectivity index (χ2n) is 8.37. The molecule has 3 rings (SSSR count). The molecule has 1 aliphatic rings. The molecule has 1 N–H and O–H groups in total. The van der Waals surface area contributed by atoms with E-state index in [4.69, 9.17) is 51.1 Å². The summed E-state index contributed by atoms with van der Waals surface area (Å²) in [6.07, 6.45) is -4.67. The maximum Gasteiger partial charge on any atom is 0.416 e. The molecule has 0 unspecified atom stereocenters. The Morgan fingerprint density at radius 3 is 2.00 bits per heavy atom. The monoisotopic (exact) mass is 598 g/mol. The first kappa shape index (κ1) is 29.0. The average Bonchev–Trinajstić information content (AvgIpc) is 3.07. The number of amides is 3. The van der Waals surface area contributed by atoms with Crippen LogP contribution in [0.2, 0.25) is 20.1 Å². The predicted octanol–water partition coefficient (Wildman–Crippen LogP) is 6.51. The minimum absolute atomic E-state index is 0.0454. The number of halogens is 7. The Morgan fingerprint density at radius 1 is 0.973 bits per heavy atom. The van der Waals surface area contributed by atoms with Gasteiger partial charge < -0.3 is 10.1 Å². The standard InChI is InChI=1S/C23H17Cl4F3N2O5/c1-9(2)6-12(32-20(34)14-15(21(32)35)17(25)19(27)18(26)16(14)24)22(36)37-8-13(33)31-11-5-3-4-10(7-11)23(28,29)30/h3-5,7,9,12H,6,8H2,1-2H3,(H,31,33)/t12-/m1/s1. The van der Waals surface area contributed by atoms with Crippen molar-refractivity contribution in [1.29, 1.82) is 0 Å². The normalized spacial score (nSPS) is 14.2. The molecule has 7 nitrogen and oxygen atoms in total. The fourth-order valence-corrected chi connectivity index (χ4v) is 4.62. The van der Waals surface area contributed by atoms with Gasteiger partial charge in [0.05, 0.1) is 36.8 Å². The number of ether oxygens (including phenoxy) is 1. The van der Waals surface area contributed by atoms with E-state index in [2.05, 4.69) is 5.32 Å². The summed E-state index contributed by atoms with van der Waals surface area (Å²) in [5.41, 5.74) is -1.81. The van der Waals surface area contributed by atoms with Gasteiger partial charge in [-0.05, 0) is 30.5 Å². The van der Waals surface area contributed by atoms with Gasteiger partial charge in [0.1, 0.15) is 6.04 Å². The van der Waals surface area contributed by atoms with E-state index in [9.17, 15) is 32.3 Å². The van der Waals surface area contributed by atoms with Crippen molar-refractivity contribution in [3.63, 3.8) is 0 Å². The molecule has 1 aliphatic heterocycles. The number of anilines is 1. The van der Waals surface area contributed by atoms with Crippen molar-refractivity contribution < 1.29 is 37.1 Å². The number of hydrogen-bond acceptors (Lipinski definition) is 5. The molecule has 0 saturated heterocycles. The van der Waals surface area contributed by atoms with Gasteiger partial charge in [-0.15, -0.1) is 0 Å². The van der Waals surface area contributed by atoms with Gasteiger partial charge in [-0.25, -0.2) is 4.79 Å². The molecule has 0 spiro atoms. The van der Waals surface area contributed by atoms with Crippen molar-refractivity contribution in [2.24, 2.45) is 5.92 Å². The summed E-state index contributed by atoms with van der Waals surface area (Å²) in [7, 11) is 0. The Bertz CT molecular complexity index is 1250. The number of benzene rings is 2. The van der Waals surface area contributed by atoms with Crippen molar-refractivity contribution in [2.75, 3.05) is 11.9 Å². The molecule has 2 aromatic rings. The van der Waals surface area contributed by atoms with Gasteiger partial charge in [-0.1, -0.05) is 66.3 Å². The third kappa shape index (κ3) is 5.98. The molecule has 1 atom stereocenters. The minimum atomic E-state index is -4.62. The molecular formula is C23H17Cl4F3N2O5. The van der Waals surface area contributed by atoms with Crippen molar-refractivity contribution in [3.05, 3.63) is 61.0 Å². The van der Waals surface area contributed by atoms with Crippen LogP contribution in [0.1, 0.15) is 46.5 Å².